The van der Waals surface area contributed by atoms with Gasteiger partial charge in [0.25, 0.3) is 0 Å². The molecular formula is C15H22N2O5. The van der Waals surface area contributed by atoms with Crippen LogP contribution in [0.2, 0.25) is 0 Å². The number of aliphatic hydroxyl groups excluding tert-OH is 1. The lowest BCUT2D eigenvalue weighted by Gasteiger charge is -2.20. The van der Waals surface area contributed by atoms with Gasteiger partial charge in [0.15, 0.2) is 0 Å². The van der Waals surface area contributed by atoms with Gasteiger partial charge in [-0.2, -0.15) is 0 Å². The van der Waals surface area contributed by atoms with Gasteiger partial charge in [-0.3, -0.25) is 14.7 Å². The highest BCUT2D eigenvalue weighted by molar-refractivity contribution is 5.73. The zero-order chi connectivity index (χ0) is 16.4. The Kier molecular flexibility index (Phi) is 8.09. The van der Waals surface area contributed by atoms with Crippen LogP contribution in [0.3, 0.4) is 0 Å². The van der Waals surface area contributed by atoms with Gasteiger partial charge in [0.1, 0.15) is 12.7 Å². The maximum absolute atomic E-state index is 11.6. The van der Waals surface area contributed by atoms with Crippen molar-refractivity contribution >= 4 is 11.9 Å². The predicted molar refractivity (Wildman–Crippen MR) is 78.8 cm³/mol. The maximum atomic E-state index is 11.6. The second-order valence-corrected chi connectivity index (χ2v) is 4.68. The third-order valence-electron chi connectivity index (χ3n) is 2.76. The number of hydrogen-bond donors (Lipinski definition) is 1. The van der Waals surface area contributed by atoms with E-state index in [1.54, 1.807) is 18.0 Å². The van der Waals surface area contributed by atoms with Crippen molar-refractivity contribution in [3.63, 3.8) is 0 Å². The Morgan fingerprint density at radius 2 is 2.14 bits per heavy atom. The van der Waals surface area contributed by atoms with Gasteiger partial charge in [-0.1, -0.05) is 6.07 Å². The second kappa shape index (κ2) is 9.86. The monoisotopic (exact) mass is 310 g/mol. The van der Waals surface area contributed by atoms with Crippen molar-refractivity contribution in [2.45, 2.75) is 26.5 Å². The fourth-order valence-electron chi connectivity index (χ4n) is 1.72. The highest BCUT2D eigenvalue weighted by Crippen LogP contribution is 2.02. The van der Waals surface area contributed by atoms with Gasteiger partial charge in [0.05, 0.1) is 18.8 Å². The van der Waals surface area contributed by atoms with Crippen LogP contribution in [0.1, 0.15) is 19.5 Å². The summed E-state index contributed by atoms with van der Waals surface area (Å²) in [6, 6.07) is 5.52. The number of nitrogens with zero attached hydrogens (tertiary/aromatic N) is 2. The van der Waals surface area contributed by atoms with E-state index in [1.165, 1.54) is 6.92 Å². The predicted octanol–water partition coefficient (Wildman–Crippen LogP) is 0.371. The number of carbonyl (C=O) groups excluding carboxylic acids is 2. The molecule has 1 aromatic rings. The lowest BCUT2D eigenvalue weighted by atomic mass is 10.3. The zero-order valence-corrected chi connectivity index (χ0v) is 12.9. The number of esters is 2. The normalized spacial score (nSPS) is 12.0. The summed E-state index contributed by atoms with van der Waals surface area (Å²) >= 11 is 0. The van der Waals surface area contributed by atoms with Crippen LogP contribution in [0.15, 0.2) is 24.4 Å². The molecule has 0 aliphatic carbocycles. The van der Waals surface area contributed by atoms with Gasteiger partial charge in [-0.25, -0.2) is 4.79 Å². The minimum absolute atomic E-state index is 0.0793. The number of hydrogen-bond acceptors (Lipinski definition) is 7. The number of aliphatic hydroxyl groups is 1. The van der Waals surface area contributed by atoms with Crippen molar-refractivity contribution in [1.82, 2.24) is 9.88 Å². The Morgan fingerprint density at radius 3 is 2.73 bits per heavy atom. The Hall–Kier alpha value is -1.99. The first-order valence-electron chi connectivity index (χ1n) is 7.15. The molecule has 0 fully saturated rings. The second-order valence-electron chi connectivity index (χ2n) is 4.68. The minimum Gasteiger partial charge on any atom is -0.465 e. The molecule has 1 rings (SSSR count). The molecule has 1 atom stereocenters. The average molecular weight is 310 g/mol. The van der Waals surface area contributed by atoms with Crippen LogP contribution < -0.4 is 0 Å². The van der Waals surface area contributed by atoms with Crippen molar-refractivity contribution in [3.8, 4) is 0 Å². The summed E-state index contributed by atoms with van der Waals surface area (Å²) in [6.45, 7) is 4.33. The lowest BCUT2D eigenvalue weighted by Crippen LogP contribution is -2.34. The molecule has 22 heavy (non-hydrogen) atoms. The number of aromatic nitrogens is 1. The van der Waals surface area contributed by atoms with Crippen molar-refractivity contribution in [2.75, 3.05) is 26.3 Å². The summed E-state index contributed by atoms with van der Waals surface area (Å²) < 4.78 is 9.84. The Bertz CT molecular complexity index is 464. The molecule has 1 heterocycles. The molecule has 0 spiro atoms. The first-order valence-corrected chi connectivity index (χ1v) is 7.15. The summed E-state index contributed by atoms with van der Waals surface area (Å²) in [4.78, 5) is 28.8. The molecule has 7 heteroatoms. The van der Waals surface area contributed by atoms with Crippen LogP contribution in [0.5, 0.6) is 0 Å². The van der Waals surface area contributed by atoms with Crippen LogP contribution in [0.25, 0.3) is 0 Å². The molecule has 122 valence electrons. The van der Waals surface area contributed by atoms with E-state index in [4.69, 9.17) is 14.6 Å². The van der Waals surface area contributed by atoms with E-state index in [1.807, 2.05) is 18.2 Å². The molecular weight excluding hydrogens is 288 g/mol. The van der Waals surface area contributed by atoms with E-state index in [0.29, 0.717) is 19.7 Å². The summed E-state index contributed by atoms with van der Waals surface area (Å²) in [6.07, 6.45) is 0.514. The zero-order valence-electron chi connectivity index (χ0n) is 12.9. The van der Waals surface area contributed by atoms with E-state index in [-0.39, 0.29) is 19.1 Å². The highest BCUT2D eigenvalue weighted by atomic mass is 16.5. The van der Waals surface area contributed by atoms with E-state index in [2.05, 4.69) is 4.98 Å². The van der Waals surface area contributed by atoms with Gasteiger partial charge in [-0.05, 0) is 26.0 Å². The molecule has 0 saturated heterocycles. The van der Waals surface area contributed by atoms with Crippen LogP contribution in [0, 0.1) is 0 Å². The molecule has 7 nitrogen and oxygen atoms in total. The number of rotatable bonds is 9. The molecule has 0 aromatic carbocycles. The molecule has 0 amide bonds. The van der Waals surface area contributed by atoms with Gasteiger partial charge < -0.3 is 14.6 Å². The fraction of sp³-hybridized carbons (Fsp3) is 0.533. The van der Waals surface area contributed by atoms with Crippen molar-refractivity contribution in [1.29, 1.82) is 0 Å². The molecule has 0 saturated carbocycles. The Morgan fingerprint density at radius 1 is 1.36 bits per heavy atom. The number of carbonyl (C=O) groups is 2. The largest absolute Gasteiger partial charge is 0.465 e. The van der Waals surface area contributed by atoms with Gasteiger partial charge in [0.2, 0.25) is 0 Å². The maximum Gasteiger partial charge on any atom is 0.334 e. The van der Waals surface area contributed by atoms with Gasteiger partial charge in [0, 0.05) is 19.3 Å². The Labute approximate surface area is 129 Å². The third-order valence-corrected chi connectivity index (χ3v) is 2.76. The average Bonchev–Trinajstić information content (AvgIpc) is 2.48. The van der Waals surface area contributed by atoms with E-state index < -0.39 is 12.1 Å². The van der Waals surface area contributed by atoms with Crippen LogP contribution in [0.4, 0.5) is 0 Å². The summed E-state index contributed by atoms with van der Waals surface area (Å²) in [5.74, 6) is -1.03. The summed E-state index contributed by atoms with van der Waals surface area (Å²) in [5, 5.41) is 9.06. The Balaban J connectivity index is 2.54. The van der Waals surface area contributed by atoms with Crippen LogP contribution in [-0.2, 0) is 25.6 Å². The minimum atomic E-state index is -1.16. The van der Waals surface area contributed by atoms with Crippen molar-refractivity contribution in [3.05, 3.63) is 30.1 Å². The van der Waals surface area contributed by atoms with Crippen LogP contribution in [-0.4, -0.2) is 59.3 Å². The first-order chi connectivity index (χ1) is 10.5. The fourth-order valence-corrected chi connectivity index (χ4v) is 1.72. The highest BCUT2D eigenvalue weighted by Gasteiger charge is 2.15. The van der Waals surface area contributed by atoms with E-state index in [0.717, 1.165) is 5.69 Å². The molecule has 0 aliphatic heterocycles. The molecule has 1 N–H and O–H groups in total. The third kappa shape index (κ3) is 7.14. The molecule has 1 unspecified atom stereocenters. The first kappa shape index (κ1) is 18.1. The molecule has 0 radical (unpaired) electrons. The van der Waals surface area contributed by atoms with E-state index >= 15 is 0 Å². The van der Waals surface area contributed by atoms with Gasteiger partial charge >= 0.3 is 11.9 Å². The van der Waals surface area contributed by atoms with Crippen molar-refractivity contribution < 1.29 is 24.2 Å². The SMILES string of the molecule is CCOC(=O)CN(CCOC(=O)C(C)O)Cc1ccccn1. The summed E-state index contributed by atoms with van der Waals surface area (Å²) in [7, 11) is 0. The standard InChI is InChI=1S/C15H22N2O5/c1-3-21-14(19)11-17(8-9-22-15(20)12(2)18)10-13-6-4-5-7-16-13/h4-7,12,18H,3,8-11H2,1-2H3. The van der Waals surface area contributed by atoms with Crippen molar-refractivity contribution in [2.24, 2.45) is 0 Å². The smallest absolute Gasteiger partial charge is 0.334 e. The molecule has 1 aromatic heterocycles. The topological polar surface area (TPSA) is 89.0 Å². The quantitative estimate of drug-likeness (QED) is 0.659. The van der Waals surface area contributed by atoms with Gasteiger partial charge in [-0.15, -0.1) is 0 Å². The number of pyridine rings is 1. The number of ether oxygens (including phenoxy) is 2. The van der Waals surface area contributed by atoms with Crippen LogP contribution >= 0.6 is 0 Å². The molecule has 0 bridgehead atoms. The lowest BCUT2D eigenvalue weighted by molar-refractivity contribution is -0.153. The van der Waals surface area contributed by atoms with E-state index in [9.17, 15) is 9.59 Å². The summed E-state index contributed by atoms with van der Waals surface area (Å²) in [5.41, 5.74) is 0.800. The molecule has 0 aliphatic rings.